The Kier molecular flexibility index (Phi) is 7.58. The second kappa shape index (κ2) is 10.7. The van der Waals surface area contributed by atoms with E-state index in [0.717, 1.165) is 51.0 Å². The van der Waals surface area contributed by atoms with Crippen LogP contribution in [-0.4, -0.2) is 38.7 Å². The Labute approximate surface area is 221 Å². The highest BCUT2D eigenvalue weighted by atomic mass is 35.5. The molecule has 198 valence electrons. The molecule has 0 saturated carbocycles. The van der Waals surface area contributed by atoms with E-state index >= 15 is 0 Å². The van der Waals surface area contributed by atoms with Gasteiger partial charge in [0.05, 0.1) is 18.2 Å². The molecule has 7 nitrogen and oxygen atoms in total. The summed E-state index contributed by atoms with van der Waals surface area (Å²) < 4.78 is 51.9. The average Bonchev–Trinajstić information content (AvgIpc) is 3.45. The van der Waals surface area contributed by atoms with Crippen molar-refractivity contribution < 1.29 is 27.4 Å². The summed E-state index contributed by atoms with van der Waals surface area (Å²) in [7, 11) is 0. The Hall–Kier alpha value is -2.47. The van der Waals surface area contributed by atoms with Crippen LogP contribution in [0, 0.1) is 6.92 Å². The van der Waals surface area contributed by atoms with Gasteiger partial charge in [0.1, 0.15) is 12.2 Å². The third kappa shape index (κ3) is 5.69. The van der Waals surface area contributed by atoms with Crippen LogP contribution in [0.4, 0.5) is 13.2 Å². The maximum absolute atomic E-state index is 12.9. The number of ether oxygens (including phenoxy) is 2. The lowest BCUT2D eigenvalue weighted by Gasteiger charge is -2.31. The fraction of sp³-hybridized carbons (Fsp3) is 0.480. The summed E-state index contributed by atoms with van der Waals surface area (Å²) in [5.74, 6) is 0.362. The van der Waals surface area contributed by atoms with Crippen molar-refractivity contribution in [3.63, 3.8) is 0 Å². The van der Waals surface area contributed by atoms with Crippen molar-refractivity contribution in [3.8, 4) is 0 Å². The number of rotatable bonds is 5. The summed E-state index contributed by atoms with van der Waals surface area (Å²) in [5, 5.41) is 6.48. The predicted molar refractivity (Wildman–Crippen MR) is 131 cm³/mol. The van der Waals surface area contributed by atoms with Gasteiger partial charge in [-0.2, -0.15) is 18.3 Å². The molecule has 3 aromatic rings. The number of carbonyl (C=O) groups is 1. The number of aromatic nitrogens is 3. The third-order valence-corrected chi connectivity index (χ3v) is 8.13. The zero-order valence-corrected chi connectivity index (χ0v) is 21.7. The maximum atomic E-state index is 12.9. The molecule has 2 aromatic heterocycles. The molecule has 0 radical (unpaired) electrons. The van der Waals surface area contributed by atoms with Crippen LogP contribution in [0.1, 0.15) is 63.8 Å². The number of hydrogen-bond acceptors (Lipinski definition) is 6. The van der Waals surface area contributed by atoms with Gasteiger partial charge in [0.2, 0.25) is 12.2 Å². The molecule has 5 rings (SSSR count). The van der Waals surface area contributed by atoms with Gasteiger partial charge in [-0.05, 0) is 42.5 Å². The van der Waals surface area contributed by atoms with Crippen LogP contribution >= 0.6 is 22.9 Å². The molecular weight excluding hydrogens is 529 g/mol. The van der Waals surface area contributed by atoms with Crippen LogP contribution in [0.25, 0.3) is 0 Å². The van der Waals surface area contributed by atoms with Gasteiger partial charge in [0, 0.05) is 36.0 Å². The van der Waals surface area contributed by atoms with E-state index in [1.165, 1.54) is 6.92 Å². The largest absolute Gasteiger partial charge is 0.435 e. The highest BCUT2D eigenvalue weighted by molar-refractivity contribution is 7.09. The average molecular weight is 555 g/mol. The van der Waals surface area contributed by atoms with Crippen LogP contribution in [-0.2, 0) is 46.1 Å². The highest BCUT2D eigenvalue weighted by Gasteiger charge is 2.35. The van der Waals surface area contributed by atoms with Crippen molar-refractivity contribution in [2.45, 2.75) is 63.8 Å². The summed E-state index contributed by atoms with van der Waals surface area (Å²) in [6, 6.07) is 6.93. The standard InChI is InChI=1S/C25H26ClF3N4O3S/c1-15-9-21(25(27,28)29)31-33(15)11-22(34)32-7-5-16(6-8-32)23-30-20(14-37-23)24-35-12-18-4-2-3-17(10-26)19(18)13-36-24/h2-4,9,14,16,24H,5-8,10-13H2,1H3. The molecule has 2 aliphatic rings. The number of likely N-dealkylation sites (tertiary alicyclic amines) is 1. The molecule has 1 aromatic carbocycles. The zero-order chi connectivity index (χ0) is 26.2. The van der Waals surface area contributed by atoms with Gasteiger partial charge in [-0.25, -0.2) is 4.98 Å². The summed E-state index contributed by atoms with van der Waals surface area (Å²) in [6.45, 7) is 3.14. The molecule has 0 N–H and O–H groups in total. The summed E-state index contributed by atoms with van der Waals surface area (Å²) in [4.78, 5) is 19.2. The van der Waals surface area contributed by atoms with E-state index in [1.54, 1.807) is 16.2 Å². The van der Waals surface area contributed by atoms with Gasteiger partial charge in [0.15, 0.2) is 5.69 Å². The molecule has 2 aliphatic heterocycles. The van der Waals surface area contributed by atoms with Crippen molar-refractivity contribution in [1.82, 2.24) is 19.7 Å². The molecule has 1 fully saturated rings. The van der Waals surface area contributed by atoms with Gasteiger partial charge in [-0.15, -0.1) is 22.9 Å². The van der Waals surface area contributed by atoms with E-state index in [1.807, 2.05) is 23.6 Å². The highest BCUT2D eigenvalue weighted by Crippen LogP contribution is 2.35. The van der Waals surface area contributed by atoms with Crippen LogP contribution in [0.2, 0.25) is 0 Å². The number of thiazole rings is 1. The quantitative estimate of drug-likeness (QED) is 0.386. The molecule has 1 amide bonds. The Morgan fingerprint density at radius 2 is 1.97 bits per heavy atom. The third-order valence-electron chi connectivity index (χ3n) is 6.82. The minimum absolute atomic E-state index is 0.192. The number of fused-ring (bicyclic) bond motifs is 1. The molecule has 37 heavy (non-hydrogen) atoms. The first-order valence-electron chi connectivity index (χ1n) is 12.0. The summed E-state index contributed by atoms with van der Waals surface area (Å²) >= 11 is 7.63. The van der Waals surface area contributed by atoms with Crippen LogP contribution in [0.15, 0.2) is 29.6 Å². The smallest absolute Gasteiger partial charge is 0.342 e. The first-order valence-corrected chi connectivity index (χ1v) is 13.4. The van der Waals surface area contributed by atoms with Crippen LogP contribution in [0.5, 0.6) is 0 Å². The molecular formula is C25H26ClF3N4O3S. The molecule has 0 aliphatic carbocycles. The minimum atomic E-state index is -4.53. The van der Waals surface area contributed by atoms with E-state index in [4.69, 9.17) is 26.1 Å². The van der Waals surface area contributed by atoms with Gasteiger partial charge in [-0.1, -0.05) is 18.2 Å². The normalized spacial score (nSPS) is 19.1. The number of aryl methyl sites for hydroxylation is 1. The van der Waals surface area contributed by atoms with Gasteiger partial charge in [-0.3, -0.25) is 9.48 Å². The molecule has 4 heterocycles. The number of carbonyl (C=O) groups excluding carboxylic acids is 1. The van der Waals surface area contributed by atoms with Crippen molar-refractivity contribution in [2.75, 3.05) is 13.1 Å². The lowest BCUT2D eigenvalue weighted by Crippen LogP contribution is -2.40. The molecule has 1 saturated heterocycles. The Balaban J connectivity index is 1.16. The van der Waals surface area contributed by atoms with E-state index < -0.39 is 18.2 Å². The minimum Gasteiger partial charge on any atom is -0.342 e. The topological polar surface area (TPSA) is 69.5 Å². The zero-order valence-electron chi connectivity index (χ0n) is 20.1. The van der Waals surface area contributed by atoms with Crippen LogP contribution in [0.3, 0.4) is 0 Å². The van der Waals surface area contributed by atoms with Crippen molar-refractivity contribution in [1.29, 1.82) is 0 Å². The molecule has 0 spiro atoms. The fourth-order valence-electron chi connectivity index (χ4n) is 4.69. The number of halogens is 4. The van der Waals surface area contributed by atoms with Gasteiger partial charge >= 0.3 is 6.18 Å². The molecule has 1 unspecified atom stereocenters. The number of benzene rings is 1. The second-order valence-corrected chi connectivity index (χ2v) is 10.4. The SMILES string of the molecule is Cc1cc(C(F)(F)F)nn1CC(=O)N1CCC(c2nc(C3OCc4cccc(CCl)c4CO3)cs2)CC1. The van der Waals surface area contributed by atoms with E-state index in [-0.39, 0.29) is 18.4 Å². The Morgan fingerprint density at radius 1 is 1.22 bits per heavy atom. The number of nitrogens with zero attached hydrogens (tertiary/aromatic N) is 4. The van der Waals surface area contributed by atoms with Crippen molar-refractivity contribution in [2.24, 2.45) is 0 Å². The predicted octanol–water partition coefficient (Wildman–Crippen LogP) is 5.56. The van der Waals surface area contributed by atoms with Crippen molar-refractivity contribution >= 4 is 28.8 Å². The fourth-order valence-corrected chi connectivity index (χ4v) is 5.93. The second-order valence-electron chi connectivity index (χ2n) is 9.23. The van der Waals surface area contributed by atoms with Gasteiger partial charge in [0.25, 0.3) is 0 Å². The number of amides is 1. The summed E-state index contributed by atoms with van der Waals surface area (Å²) in [5.41, 5.74) is 3.21. The lowest BCUT2D eigenvalue weighted by molar-refractivity contribution is -0.155. The Morgan fingerprint density at radius 3 is 2.68 bits per heavy atom. The Bertz CT molecular complexity index is 1270. The monoisotopic (exact) mass is 554 g/mol. The van der Waals surface area contributed by atoms with E-state index in [2.05, 4.69) is 5.10 Å². The molecule has 1 atom stereocenters. The maximum Gasteiger partial charge on any atom is 0.435 e. The van der Waals surface area contributed by atoms with Gasteiger partial charge < -0.3 is 14.4 Å². The molecule has 0 bridgehead atoms. The first kappa shape index (κ1) is 26.1. The summed E-state index contributed by atoms with van der Waals surface area (Å²) in [6.07, 6.45) is -3.65. The van der Waals surface area contributed by atoms with Crippen molar-refractivity contribution in [3.05, 3.63) is 68.4 Å². The van der Waals surface area contributed by atoms with E-state index in [0.29, 0.717) is 37.9 Å². The number of hydrogen-bond donors (Lipinski definition) is 0. The molecule has 12 heteroatoms. The lowest BCUT2D eigenvalue weighted by atomic mass is 9.97. The number of piperidine rings is 1. The van der Waals surface area contributed by atoms with Crippen LogP contribution < -0.4 is 0 Å². The van der Waals surface area contributed by atoms with E-state index in [9.17, 15) is 18.0 Å². The number of alkyl halides is 4. The first-order chi connectivity index (χ1) is 17.7.